The number of hydrogen-bond donors (Lipinski definition) is 1. The van der Waals surface area contributed by atoms with Crippen LogP contribution in [0.4, 0.5) is 0 Å². The zero-order valence-corrected chi connectivity index (χ0v) is 10.5. The average Bonchev–Trinajstić information content (AvgIpc) is 2.15. The Balaban J connectivity index is 3.07. The zero-order chi connectivity index (χ0) is 11.6. The molecule has 1 saturated carbocycles. The van der Waals surface area contributed by atoms with E-state index in [1.54, 1.807) is 0 Å². The van der Waals surface area contributed by atoms with Crippen molar-refractivity contribution in [2.45, 2.75) is 52.6 Å². The lowest BCUT2D eigenvalue weighted by Crippen LogP contribution is -2.42. The number of allylic oxidation sites excluding steroid dienone is 1. The summed E-state index contributed by atoms with van der Waals surface area (Å²) in [7, 11) is 0. The Kier molecular flexibility index (Phi) is 3.77. The van der Waals surface area contributed by atoms with Crippen molar-refractivity contribution < 1.29 is 5.11 Å². The van der Waals surface area contributed by atoms with E-state index in [0.29, 0.717) is 5.92 Å². The van der Waals surface area contributed by atoms with Gasteiger partial charge in [-0.2, -0.15) is 0 Å². The molecule has 0 bridgehead atoms. The smallest absolute Gasteiger partial charge is 0.0921 e. The molecule has 86 valence electrons. The SMILES string of the molecule is C=C[C@@H](C)[C@@]1(O)C[C@H](C)CCC1=C(C)C. The van der Waals surface area contributed by atoms with Crippen molar-refractivity contribution in [2.24, 2.45) is 11.8 Å². The summed E-state index contributed by atoms with van der Waals surface area (Å²) in [5.74, 6) is 0.755. The van der Waals surface area contributed by atoms with Crippen LogP contribution in [-0.4, -0.2) is 10.7 Å². The van der Waals surface area contributed by atoms with Gasteiger partial charge in [-0.1, -0.05) is 25.5 Å². The number of aliphatic hydroxyl groups is 1. The van der Waals surface area contributed by atoms with E-state index in [0.717, 1.165) is 12.8 Å². The second-order valence-electron chi connectivity index (χ2n) is 5.28. The van der Waals surface area contributed by atoms with Crippen LogP contribution < -0.4 is 0 Å². The van der Waals surface area contributed by atoms with E-state index in [-0.39, 0.29) is 5.92 Å². The van der Waals surface area contributed by atoms with Gasteiger partial charge in [0.2, 0.25) is 0 Å². The Hall–Kier alpha value is -0.560. The molecular weight excluding hydrogens is 184 g/mol. The molecule has 15 heavy (non-hydrogen) atoms. The highest BCUT2D eigenvalue weighted by Crippen LogP contribution is 2.43. The molecule has 1 fully saturated rings. The summed E-state index contributed by atoms with van der Waals surface area (Å²) in [4.78, 5) is 0. The van der Waals surface area contributed by atoms with Gasteiger partial charge in [-0.25, -0.2) is 0 Å². The third kappa shape index (κ3) is 2.34. The van der Waals surface area contributed by atoms with Gasteiger partial charge in [-0.3, -0.25) is 0 Å². The lowest BCUT2D eigenvalue weighted by atomic mass is 9.68. The van der Waals surface area contributed by atoms with Crippen LogP contribution in [0.2, 0.25) is 0 Å². The summed E-state index contributed by atoms with van der Waals surface area (Å²) in [5.41, 5.74) is 1.88. The van der Waals surface area contributed by atoms with Crippen LogP contribution in [0.1, 0.15) is 47.0 Å². The van der Waals surface area contributed by atoms with Crippen LogP contribution in [0.5, 0.6) is 0 Å². The maximum Gasteiger partial charge on any atom is 0.0921 e. The van der Waals surface area contributed by atoms with Crippen LogP contribution in [0.25, 0.3) is 0 Å². The molecular formula is C14H24O. The minimum atomic E-state index is -0.641. The van der Waals surface area contributed by atoms with Crippen molar-refractivity contribution in [1.29, 1.82) is 0 Å². The molecule has 0 aromatic heterocycles. The summed E-state index contributed by atoms with van der Waals surface area (Å²) in [6, 6.07) is 0. The fraction of sp³-hybridized carbons (Fsp3) is 0.714. The highest BCUT2D eigenvalue weighted by Gasteiger charge is 2.40. The van der Waals surface area contributed by atoms with Crippen LogP contribution in [0.15, 0.2) is 23.8 Å². The molecule has 0 amide bonds. The van der Waals surface area contributed by atoms with E-state index in [1.807, 2.05) is 6.08 Å². The van der Waals surface area contributed by atoms with Crippen molar-refractivity contribution >= 4 is 0 Å². The van der Waals surface area contributed by atoms with Crippen molar-refractivity contribution in [3.05, 3.63) is 23.8 Å². The molecule has 0 aromatic carbocycles. The molecule has 0 aromatic rings. The maximum atomic E-state index is 10.8. The van der Waals surface area contributed by atoms with Gasteiger partial charge in [0.1, 0.15) is 0 Å². The molecule has 3 atom stereocenters. The van der Waals surface area contributed by atoms with Gasteiger partial charge < -0.3 is 5.11 Å². The molecule has 0 aliphatic heterocycles. The van der Waals surface area contributed by atoms with Crippen LogP contribution in [0.3, 0.4) is 0 Å². The lowest BCUT2D eigenvalue weighted by molar-refractivity contribution is 0.00176. The van der Waals surface area contributed by atoms with E-state index < -0.39 is 5.60 Å². The molecule has 0 saturated heterocycles. The highest BCUT2D eigenvalue weighted by atomic mass is 16.3. The Labute approximate surface area is 93.9 Å². The van der Waals surface area contributed by atoms with Gasteiger partial charge in [-0.05, 0) is 44.6 Å². The molecule has 1 N–H and O–H groups in total. The minimum Gasteiger partial charge on any atom is -0.385 e. The van der Waals surface area contributed by atoms with E-state index >= 15 is 0 Å². The van der Waals surface area contributed by atoms with Gasteiger partial charge in [0, 0.05) is 5.92 Å². The summed E-state index contributed by atoms with van der Waals surface area (Å²) in [6.45, 7) is 12.3. The first-order valence-corrected chi connectivity index (χ1v) is 5.93. The second-order valence-corrected chi connectivity index (χ2v) is 5.28. The molecule has 1 aliphatic rings. The molecule has 0 heterocycles. The molecule has 0 radical (unpaired) electrons. The van der Waals surface area contributed by atoms with Crippen molar-refractivity contribution in [3.8, 4) is 0 Å². The average molecular weight is 208 g/mol. The molecule has 0 spiro atoms. The van der Waals surface area contributed by atoms with Gasteiger partial charge in [0.05, 0.1) is 5.60 Å². The van der Waals surface area contributed by atoms with E-state index in [9.17, 15) is 5.11 Å². The van der Waals surface area contributed by atoms with Crippen molar-refractivity contribution in [1.82, 2.24) is 0 Å². The van der Waals surface area contributed by atoms with Gasteiger partial charge in [0.25, 0.3) is 0 Å². The summed E-state index contributed by atoms with van der Waals surface area (Å²) < 4.78 is 0. The summed E-state index contributed by atoms with van der Waals surface area (Å²) in [5, 5.41) is 10.8. The van der Waals surface area contributed by atoms with Crippen LogP contribution in [0, 0.1) is 11.8 Å². The van der Waals surface area contributed by atoms with E-state index in [4.69, 9.17) is 0 Å². The number of hydrogen-bond acceptors (Lipinski definition) is 1. The van der Waals surface area contributed by atoms with Crippen molar-refractivity contribution in [3.63, 3.8) is 0 Å². The van der Waals surface area contributed by atoms with Crippen molar-refractivity contribution in [2.75, 3.05) is 0 Å². The quantitative estimate of drug-likeness (QED) is 0.686. The largest absolute Gasteiger partial charge is 0.385 e. The third-order valence-corrected chi connectivity index (χ3v) is 3.78. The summed E-state index contributed by atoms with van der Waals surface area (Å²) >= 11 is 0. The van der Waals surface area contributed by atoms with E-state index in [2.05, 4.69) is 34.3 Å². The second kappa shape index (κ2) is 4.52. The lowest BCUT2D eigenvalue weighted by Gasteiger charge is -2.42. The van der Waals surface area contributed by atoms with Gasteiger partial charge in [0.15, 0.2) is 0 Å². The fourth-order valence-electron chi connectivity index (χ4n) is 2.70. The van der Waals surface area contributed by atoms with Gasteiger partial charge in [-0.15, -0.1) is 6.58 Å². The standard InChI is InChI=1S/C14H24O/c1-6-12(5)14(15)9-11(4)7-8-13(14)10(2)3/h6,11-12,15H,1,7-9H2,2-5H3/t11-,12-,14+/m1/s1. The molecule has 1 nitrogen and oxygen atoms in total. The normalized spacial score (nSPS) is 33.7. The topological polar surface area (TPSA) is 20.2 Å². The molecule has 0 unspecified atom stereocenters. The molecule has 1 aliphatic carbocycles. The minimum absolute atomic E-state index is 0.144. The third-order valence-electron chi connectivity index (χ3n) is 3.78. The van der Waals surface area contributed by atoms with Crippen LogP contribution >= 0.6 is 0 Å². The van der Waals surface area contributed by atoms with E-state index in [1.165, 1.54) is 17.6 Å². The first-order valence-electron chi connectivity index (χ1n) is 5.93. The highest BCUT2D eigenvalue weighted by molar-refractivity contribution is 5.26. The Morgan fingerprint density at radius 1 is 1.60 bits per heavy atom. The number of rotatable bonds is 2. The fourth-order valence-corrected chi connectivity index (χ4v) is 2.70. The Morgan fingerprint density at radius 2 is 2.20 bits per heavy atom. The first kappa shape index (κ1) is 12.5. The predicted octanol–water partition coefficient (Wildman–Crippen LogP) is 3.70. The van der Waals surface area contributed by atoms with Gasteiger partial charge >= 0.3 is 0 Å². The monoisotopic (exact) mass is 208 g/mol. The summed E-state index contributed by atoms with van der Waals surface area (Å²) in [6.07, 6.45) is 4.99. The Morgan fingerprint density at radius 3 is 2.67 bits per heavy atom. The first-order chi connectivity index (χ1) is 6.91. The zero-order valence-electron chi connectivity index (χ0n) is 10.5. The molecule has 1 rings (SSSR count). The predicted molar refractivity (Wildman–Crippen MR) is 65.7 cm³/mol. The van der Waals surface area contributed by atoms with Crippen LogP contribution in [-0.2, 0) is 0 Å². The molecule has 1 heteroatoms. The maximum absolute atomic E-state index is 10.8. The Bertz CT molecular complexity index is 273.